The van der Waals surface area contributed by atoms with Crippen LogP contribution in [0.4, 0.5) is 0 Å². The minimum Gasteiger partial charge on any atom is -0.453 e. The topological polar surface area (TPSA) is 380 Å². The molecule has 9 rings (SSSR count). The van der Waals surface area contributed by atoms with Crippen LogP contribution < -0.4 is 0 Å². The second kappa shape index (κ2) is 26.8. The maximum Gasteiger partial charge on any atom is 0.333 e. The molecule has 5 heterocycles. The second-order valence-corrected chi connectivity index (χ2v) is 25.5. The van der Waals surface area contributed by atoms with Crippen molar-refractivity contribution >= 4 is 5.97 Å². The van der Waals surface area contributed by atoms with Gasteiger partial charge in [-0.1, -0.05) is 31.6 Å². The van der Waals surface area contributed by atoms with E-state index in [1.54, 1.807) is 34.0 Å². The molecule has 12 N–H and O–H groups in total. The zero-order chi connectivity index (χ0) is 61.1. The van der Waals surface area contributed by atoms with E-state index in [0.29, 0.717) is 44.1 Å². The van der Waals surface area contributed by atoms with E-state index in [-0.39, 0.29) is 29.3 Å². The number of aliphatic hydroxyl groups is 12. The molecule has 0 bridgehead atoms. The van der Waals surface area contributed by atoms with Crippen molar-refractivity contribution in [1.82, 2.24) is 0 Å². The van der Waals surface area contributed by atoms with Crippen LogP contribution >= 0.6 is 0 Å². The van der Waals surface area contributed by atoms with Gasteiger partial charge in [-0.3, -0.25) is 0 Å². The largest absolute Gasteiger partial charge is 0.453 e. The van der Waals surface area contributed by atoms with Crippen LogP contribution in [-0.2, 0) is 66.4 Å². The summed E-state index contributed by atoms with van der Waals surface area (Å²) in [7, 11) is 3.02. The van der Waals surface area contributed by atoms with Crippen molar-refractivity contribution in [2.24, 2.45) is 28.6 Å². The number of methoxy groups -OCH3 is 2. The summed E-state index contributed by atoms with van der Waals surface area (Å²) in [6.45, 7) is 11.3. The number of fused-ring (bicyclic) bond motifs is 5. The highest BCUT2D eigenvalue weighted by Gasteiger charge is 2.67. The summed E-state index contributed by atoms with van der Waals surface area (Å²) in [6.07, 6.45) is -22.5. The molecule has 8 fully saturated rings. The highest BCUT2D eigenvalue weighted by molar-refractivity contribution is 5.87. The molecule has 482 valence electrons. The van der Waals surface area contributed by atoms with Crippen LogP contribution in [0.3, 0.4) is 0 Å². The van der Waals surface area contributed by atoms with Gasteiger partial charge in [0.25, 0.3) is 0 Å². The van der Waals surface area contributed by atoms with Gasteiger partial charge in [-0.25, -0.2) is 4.79 Å². The summed E-state index contributed by atoms with van der Waals surface area (Å²) in [5.74, 6) is -0.604. The van der Waals surface area contributed by atoms with Gasteiger partial charge in [-0.2, -0.15) is 0 Å². The van der Waals surface area contributed by atoms with E-state index < -0.39 is 190 Å². The standard InChI is InChI=1S/C58H94O26/c1-10-24(2)51(70)83-49-27(5)78-55(47(69)50(49)73-9)84-48-26(4)76-37(20-33(48)72-8)79-29-13-16-56(6)28(19-29)11-12-32-31(56)14-17-57(7)30(15-18-58(32,57)71)25(3)77-54-46(68)43(65)40(62)36(82-54)23-75-53-45(67)42(64)39(61)35(81-53)22-74-52-44(66)41(63)38(60)34(21-59)80-52/h10-11,25-27,29-50,52-55,59-69,71H,12-23H2,1-9H3/b24-10+. The lowest BCUT2D eigenvalue weighted by Crippen LogP contribution is -2.63. The van der Waals surface area contributed by atoms with Crippen LogP contribution in [0, 0.1) is 28.6 Å². The first-order valence-corrected chi connectivity index (χ1v) is 29.9. The molecule has 0 aromatic rings. The van der Waals surface area contributed by atoms with E-state index in [1.807, 2.05) is 13.8 Å². The molecule has 5 aliphatic heterocycles. The van der Waals surface area contributed by atoms with E-state index in [4.69, 9.17) is 61.6 Å². The Morgan fingerprint density at radius 3 is 1.85 bits per heavy atom. The van der Waals surface area contributed by atoms with Crippen LogP contribution in [0.2, 0.25) is 0 Å². The number of esters is 1. The molecule has 0 aromatic carbocycles. The van der Waals surface area contributed by atoms with Crippen molar-refractivity contribution in [2.75, 3.05) is 34.0 Å². The monoisotopic (exact) mass is 1210 g/mol. The molecular formula is C58H94O26. The number of carbonyl (C=O) groups excluding carboxylic acids is 1. The number of allylic oxidation sites excluding steroid dienone is 2. The van der Waals surface area contributed by atoms with Gasteiger partial charge in [0.05, 0.1) is 55.9 Å². The molecule has 9 aliphatic rings. The van der Waals surface area contributed by atoms with Gasteiger partial charge in [0, 0.05) is 31.6 Å². The Morgan fingerprint density at radius 2 is 1.25 bits per heavy atom. The van der Waals surface area contributed by atoms with Crippen LogP contribution in [0.25, 0.3) is 0 Å². The molecule has 3 saturated carbocycles. The van der Waals surface area contributed by atoms with Crippen molar-refractivity contribution in [1.29, 1.82) is 0 Å². The van der Waals surface area contributed by atoms with Gasteiger partial charge >= 0.3 is 5.97 Å². The summed E-state index contributed by atoms with van der Waals surface area (Å²) in [4.78, 5) is 12.6. The third kappa shape index (κ3) is 12.5. The molecule has 0 amide bonds. The molecule has 26 nitrogen and oxygen atoms in total. The molecule has 0 aromatic heterocycles. The highest BCUT2D eigenvalue weighted by atomic mass is 16.8. The lowest BCUT2D eigenvalue weighted by molar-refractivity contribution is -0.346. The molecule has 0 radical (unpaired) electrons. The third-order valence-electron chi connectivity index (χ3n) is 20.9. The normalized spacial score (nSPS) is 51.2. The Morgan fingerprint density at radius 1 is 0.667 bits per heavy atom. The summed E-state index contributed by atoms with van der Waals surface area (Å²) in [5.41, 5.74) is -0.141. The Kier molecular flexibility index (Phi) is 21.2. The zero-order valence-electron chi connectivity index (χ0n) is 49.5. The van der Waals surface area contributed by atoms with Crippen molar-refractivity contribution in [3.63, 3.8) is 0 Å². The lowest BCUT2D eigenvalue weighted by Gasteiger charge is -2.61. The summed E-state index contributed by atoms with van der Waals surface area (Å²) in [5, 5.41) is 130. The predicted octanol–water partition coefficient (Wildman–Crippen LogP) is -1.55. The van der Waals surface area contributed by atoms with E-state index in [2.05, 4.69) is 19.9 Å². The molecule has 26 heteroatoms. The summed E-state index contributed by atoms with van der Waals surface area (Å²) in [6, 6.07) is 0. The average molecular weight is 1210 g/mol. The van der Waals surface area contributed by atoms with Crippen LogP contribution in [-0.4, -0.2) is 267 Å². The molecule has 4 aliphatic carbocycles. The smallest absolute Gasteiger partial charge is 0.333 e. The van der Waals surface area contributed by atoms with Crippen molar-refractivity contribution < 1.29 is 128 Å². The number of ether oxygens (including phenoxy) is 13. The SMILES string of the molecule is C/C=C(\C)C(=O)OC1C(C)OC(OC2C(C)OC(OC3CCC4(C)C(=CCC5C4CCC4(C)C(C(C)OC6OC(COC7OC(COC8OC(CO)C(O)C(O)C8O)C(O)C(O)C7O)C(O)C(O)C6O)CCC54O)C3)CC2OC)C(O)C1OC. The Labute approximate surface area is 489 Å². The Balaban J connectivity index is 0.778. The Bertz CT molecular complexity index is 2260. The minimum atomic E-state index is -1.85. The molecule has 5 saturated heterocycles. The minimum absolute atomic E-state index is 0.0513. The lowest BCUT2D eigenvalue weighted by atomic mass is 9.45. The number of hydrogen-bond donors (Lipinski definition) is 12. The number of aliphatic hydroxyl groups excluding tert-OH is 11. The van der Waals surface area contributed by atoms with Crippen molar-refractivity contribution in [2.45, 2.75) is 271 Å². The van der Waals surface area contributed by atoms with Crippen molar-refractivity contribution in [3.05, 3.63) is 23.3 Å². The van der Waals surface area contributed by atoms with Gasteiger partial charge in [0.2, 0.25) is 0 Å². The molecule has 32 unspecified atom stereocenters. The quantitative estimate of drug-likeness (QED) is 0.0420. The van der Waals surface area contributed by atoms with E-state index in [1.165, 1.54) is 12.7 Å². The fourth-order valence-electron chi connectivity index (χ4n) is 15.5. The van der Waals surface area contributed by atoms with Gasteiger partial charge in [0.15, 0.2) is 37.6 Å². The third-order valence-corrected chi connectivity index (χ3v) is 20.9. The Hall–Kier alpha value is -2.01. The number of carbonyl (C=O) groups is 1. The van der Waals surface area contributed by atoms with Crippen LogP contribution in [0.1, 0.15) is 106 Å². The highest BCUT2D eigenvalue weighted by Crippen LogP contribution is 2.68. The number of rotatable bonds is 18. The first-order valence-electron chi connectivity index (χ1n) is 29.9. The summed E-state index contributed by atoms with van der Waals surface area (Å²) < 4.78 is 77.8. The van der Waals surface area contributed by atoms with E-state index in [0.717, 1.165) is 19.3 Å². The van der Waals surface area contributed by atoms with E-state index in [9.17, 15) is 66.1 Å². The van der Waals surface area contributed by atoms with Gasteiger partial charge < -0.3 is 123 Å². The first kappa shape index (κ1) is 66.4. The maximum absolute atomic E-state index is 13.1. The van der Waals surface area contributed by atoms with Gasteiger partial charge in [-0.15, -0.1) is 0 Å². The van der Waals surface area contributed by atoms with Gasteiger partial charge in [-0.05, 0) is 109 Å². The predicted molar refractivity (Wildman–Crippen MR) is 286 cm³/mol. The second-order valence-electron chi connectivity index (χ2n) is 25.5. The molecule has 0 spiro atoms. The first-order chi connectivity index (χ1) is 39.7. The maximum atomic E-state index is 13.1. The van der Waals surface area contributed by atoms with Crippen molar-refractivity contribution in [3.8, 4) is 0 Å². The molecule has 32 atom stereocenters. The molecule has 84 heavy (non-hydrogen) atoms. The van der Waals surface area contributed by atoms with Gasteiger partial charge in [0.1, 0.15) is 91.6 Å². The zero-order valence-corrected chi connectivity index (χ0v) is 49.5. The van der Waals surface area contributed by atoms with Crippen LogP contribution in [0.5, 0.6) is 0 Å². The fourth-order valence-corrected chi connectivity index (χ4v) is 15.5. The molecular weight excluding hydrogens is 1110 g/mol. The van der Waals surface area contributed by atoms with Crippen LogP contribution in [0.15, 0.2) is 23.3 Å². The number of hydrogen-bond acceptors (Lipinski definition) is 26. The van der Waals surface area contributed by atoms with E-state index >= 15 is 0 Å². The fraction of sp³-hybridized carbons (Fsp3) is 0.914. The summed E-state index contributed by atoms with van der Waals surface area (Å²) >= 11 is 0. The average Bonchev–Trinajstić information content (AvgIpc) is 1.45.